The maximum absolute atomic E-state index is 11.7. The first-order valence-corrected chi connectivity index (χ1v) is 10.6. The molecule has 0 radical (unpaired) electrons. The molecular weight excluding hydrogens is 310 g/mol. The lowest BCUT2D eigenvalue weighted by Gasteiger charge is -2.23. The molecule has 1 aliphatic carbocycles. The Morgan fingerprint density at radius 1 is 0.960 bits per heavy atom. The first-order chi connectivity index (χ1) is 12.0. The van der Waals surface area contributed by atoms with Gasteiger partial charge in [0.2, 0.25) is 0 Å². The number of rotatable bonds is 15. The van der Waals surface area contributed by atoms with Gasteiger partial charge in [-0.1, -0.05) is 57.1 Å². The fourth-order valence-corrected chi connectivity index (χ4v) is 3.47. The van der Waals surface area contributed by atoms with Gasteiger partial charge in [-0.25, -0.2) is 0 Å². The molecule has 25 heavy (non-hydrogen) atoms. The number of nitrogens with zero attached hydrogens (tertiary/aromatic N) is 1. The molecule has 0 fully saturated rings. The van der Waals surface area contributed by atoms with Crippen molar-refractivity contribution < 1.29 is 14.0 Å². The van der Waals surface area contributed by atoms with Crippen molar-refractivity contribution in [2.45, 2.75) is 83.5 Å². The third kappa shape index (κ3) is 14.1. The molecule has 0 unspecified atom stereocenters. The summed E-state index contributed by atoms with van der Waals surface area (Å²) in [6, 6.07) is 0. The molecule has 0 aliphatic heterocycles. The standard InChI is InChI=1S/C22H42NO2/c1-23(2,3)19-14-20-25-22(24)18-11-9-7-5-4-6-8-10-15-21-16-12-13-17-21/h12,16,21H,4-11,13-15,17-20H2,1-3H3/q+1/t21-/m0/s1. The number of esters is 1. The van der Waals surface area contributed by atoms with Crippen molar-refractivity contribution in [2.24, 2.45) is 5.92 Å². The van der Waals surface area contributed by atoms with Crippen LogP contribution in [0.2, 0.25) is 0 Å². The second-order valence-electron chi connectivity index (χ2n) is 8.72. The minimum Gasteiger partial charge on any atom is -0.465 e. The van der Waals surface area contributed by atoms with Crippen LogP contribution in [0.3, 0.4) is 0 Å². The average Bonchev–Trinajstić information content (AvgIpc) is 3.06. The predicted molar refractivity (Wildman–Crippen MR) is 107 cm³/mol. The normalized spacial score (nSPS) is 17.2. The number of unbranched alkanes of at least 4 members (excludes halogenated alkanes) is 7. The lowest BCUT2D eigenvalue weighted by molar-refractivity contribution is -0.870. The Bertz CT molecular complexity index is 371. The zero-order valence-corrected chi connectivity index (χ0v) is 17.1. The lowest BCUT2D eigenvalue weighted by atomic mass is 9.99. The molecule has 146 valence electrons. The molecule has 0 aromatic heterocycles. The molecule has 1 aliphatic rings. The van der Waals surface area contributed by atoms with Gasteiger partial charge in [0.15, 0.2) is 0 Å². The third-order valence-corrected chi connectivity index (χ3v) is 5.05. The SMILES string of the molecule is C[N+](C)(C)CCCOC(=O)CCCCCCCCCC[C@H]1C=CCC1. The molecule has 3 nitrogen and oxygen atoms in total. The van der Waals surface area contributed by atoms with Crippen molar-refractivity contribution in [1.29, 1.82) is 0 Å². The third-order valence-electron chi connectivity index (χ3n) is 5.05. The molecule has 0 bridgehead atoms. The summed E-state index contributed by atoms with van der Waals surface area (Å²) in [6.45, 7) is 1.62. The monoisotopic (exact) mass is 352 g/mol. The van der Waals surface area contributed by atoms with Crippen LogP contribution in [0, 0.1) is 5.92 Å². The van der Waals surface area contributed by atoms with E-state index in [2.05, 4.69) is 33.3 Å². The second kappa shape index (κ2) is 13.4. The summed E-state index contributed by atoms with van der Waals surface area (Å²) in [7, 11) is 6.48. The Kier molecular flexibility index (Phi) is 11.9. The topological polar surface area (TPSA) is 26.3 Å². The molecule has 0 spiro atoms. The molecule has 0 amide bonds. The van der Waals surface area contributed by atoms with Crippen LogP contribution in [-0.2, 0) is 9.53 Å². The van der Waals surface area contributed by atoms with Crippen LogP contribution >= 0.6 is 0 Å². The quantitative estimate of drug-likeness (QED) is 0.168. The van der Waals surface area contributed by atoms with Gasteiger partial charge in [0.05, 0.1) is 34.3 Å². The Morgan fingerprint density at radius 3 is 2.20 bits per heavy atom. The van der Waals surface area contributed by atoms with Crippen LogP contribution in [0.5, 0.6) is 0 Å². The highest BCUT2D eigenvalue weighted by Gasteiger charge is 2.09. The van der Waals surface area contributed by atoms with Gasteiger partial charge in [0, 0.05) is 12.8 Å². The molecule has 0 heterocycles. The molecule has 1 rings (SSSR count). The zero-order chi connectivity index (χ0) is 18.4. The van der Waals surface area contributed by atoms with Crippen LogP contribution in [0.15, 0.2) is 12.2 Å². The number of ether oxygens (including phenoxy) is 1. The molecule has 3 heteroatoms. The minimum atomic E-state index is -0.0117. The van der Waals surface area contributed by atoms with Crippen molar-refractivity contribution >= 4 is 5.97 Å². The maximum atomic E-state index is 11.7. The first-order valence-electron chi connectivity index (χ1n) is 10.6. The fraction of sp³-hybridized carbons (Fsp3) is 0.864. The molecule has 1 atom stereocenters. The van der Waals surface area contributed by atoms with Crippen LogP contribution in [0.1, 0.15) is 83.5 Å². The van der Waals surface area contributed by atoms with Crippen molar-refractivity contribution in [1.82, 2.24) is 0 Å². The van der Waals surface area contributed by atoms with E-state index in [9.17, 15) is 4.79 Å². The number of quaternary nitrogens is 1. The zero-order valence-electron chi connectivity index (χ0n) is 17.1. The van der Waals surface area contributed by atoms with E-state index in [4.69, 9.17) is 4.74 Å². The predicted octanol–water partition coefficient (Wildman–Crippen LogP) is 5.49. The van der Waals surface area contributed by atoms with Crippen LogP contribution in [0.4, 0.5) is 0 Å². The molecule has 0 aromatic carbocycles. The number of hydrogen-bond donors (Lipinski definition) is 0. The second-order valence-corrected chi connectivity index (χ2v) is 8.72. The average molecular weight is 353 g/mol. The van der Waals surface area contributed by atoms with Crippen LogP contribution in [-0.4, -0.2) is 44.7 Å². The van der Waals surface area contributed by atoms with Crippen molar-refractivity contribution in [3.8, 4) is 0 Å². The van der Waals surface area contributed by atoms with Gasteiger partial charge < -0.3 is 9.22 Å². The number of hydrogen-bond acceptors (Lipinski definition) is 2. The summed E-state index contributed by atoms with van der Waals surface area (Å²) in [5, 5.41) is 0. The smallest absolute Gasteiger partial charge is 0.305 e. The van der Waals surface area contributed by atoms with Crippen LogP contribution < -0.4 is 0 Å². The molecule has 0 aromatic rings. The van der Waals surface area contributed by atoms with Gasteiger partial charge in [0.1, 0.15) is 0 Å². The largest absolute Gasteiger partial charge is 0.465 e. The van der Waals surface area contributed by atoms with Gasteiger partial charge in [0.25, 0.3) is 0 Å². The first kappa shape index (κ1) is 22.2. The van der Waals surface area contributed by atoms with Gasteiger partial charge in [-0.2, -0.15) is 0 Å². The Hall–Kier alpha value is -0.830. The van der Waals surface area contributed by atoms with E-state index in [0.717, 1.165) is 29.8 Å². The maximum Gasteiger partial charge on any atom is 0.305 e. The molecular formula is C22H42NO2+. The van der Waals surface area contributed by atoms with Gasteiger partial charge in [-0.15, -0.1) is 0 Å². The van der Waals surface area contributed by atoms with E-state index in [0.29, 0.717) is 13.0 Å². The van der Waals surface area contributed by atoms with E-state index in [1.165, 1.54) is 64.2 Å². The van der Waals surface area contributed by atoms with E-state index in [1.54, 1.807) is 0 Å². The Labute approximate surface area is 156 Å². The summed E-state index contributed by atoms with van der Waals surface area (Å²) in [5.41, 5.74) is 0. The summed E-state index contributed by atoms with van der Waals surface area (Å²) in [4.78, 5) is 11.7. The van der Waals surface area contributed by atoms with Gasteiger partial charge >= 0.3 is 5.97 Å². The van der Waals surface area contributed by atoms with Crippen molar-refractivity contribution in [2.75, 3.05) is 34.3 Å². The highest BCUT2D eigenvalue weighted by atomic mass is 16.5. The summed E-state index contributed by atoms with van der Waals surface area (Å²) in [5.74, 6) is 0.870. The molecule has 0 saturated heterocycles. The van der Waals surface area contributed by atoms with E-state index >= 15 is 0 Å². The van der Waals surface area contributed by atoms with Gasteiger partial charge in [-0.3, -0.25) is 4.79 Å². The van der Waals surface area contributed by atoms with E-state index < -0.39 is 0 Å². The number of allylic oxidation sites excluding steroid dienone is 2. The van der Waals surface area contributed by atoms with Crippen molar-refractivity contribution in [3.05, 3.63) is 12.2 Å². The Morgan fingerprint density at radius 2 is 1.60 bits per heavy atom. The summed E-state index contributed by atoms with van der Waals surface area (Å²) in [6.07, 6.45) is 20.6. The van der Waals surface area contributed by atoms with E-state index in [-0.39, 0.29) is 5.97 Å². The highest BCUT2D eigenvalue weighted by Crippen LogP contribution is 2.23. The molecule has 0 saturated carbocycles. The molecule has 0 N–H and O–H groups in total. The summed E-state index contributed by atoms with van der Waals surface area (Å²) < 4.78 is 6.22. The summed E-state index contributed by atoms with van der Waals surface area (Å²) >= 11 is 0. The minimum absolute atomic E-state index is 0.0117. The number of carbonyl (C=O) groups is 1. The fourth-order valence-electron chi connectivity index (χ4n) is 3.47. The highest BCUT2D eigenvalue weighted by molar-refractivity contribution is 5.69. The lowest BCUT2D eigenvalue weighted by Crippen LogP contribution is -2.35. The number of carbonyl (C=O) groups excluding carboxylic acids is 1. The van der Waals surface area contributed by atoms with Gasteiger partial charge in [-0.05, 0) is 31.6 Å². The van der Waals surface area contributed by atoms with Crippen molar-refractivity contribution in [3.63, 3.8) is 0 Å². The van der Waals surface area contributed by atoms with E-state index in [1.807, 2.05) is 0 Å². The van der Waals surface area contributed by atoms with Crippen LogP contribution in [0.25, 0.3) is 0 Å². The Balaban J connectivity index is 1.77.